The molecule has 1 aliphatic rings. The van der Waals surface area contributed by atoms with Gasteiger partial charge in [-0.05, 0) is 12.1 Å². The zero-order valence-corrected chi connectivity index (χ0v) is 11.3. The summed E-state index contributed by atoms with van der Waals surface area (Å²) in [6, 6.07) is 8.77. The van der Waals surface area contributed by atoms with Gasteiger partial charge < -0.3 is 23.7 Å². The fourth-order valence-electron chi connectivity index (χ4n) is 1.67. The van der Waals surface area contributed by atoms with Crippen molar-refractivity contribution in [2.24, 2.45) is 0 Å². The minimum Gasteiger partial charge on any atom is -0.457 e. The SMILES string of the molecule is COCCOC1COC(COC(=O)c2ccccc2)O1. The molecule has 2 rings (SSSR count). The molecule has 6 heteroatoms. The van der Waals surface area contributed by atoms with Crippen molar-refractivity contribution in [1.82, 2.24) is 0 Å². The highest BCUT2D eigenvalue weighted by Crippen LogP contribution is 2.13. The van der Waals surface area contributed by atoms with Crippen LogP contribution in [-0.2, 0) is 23.7 Å². The van der Waals surface area contributed by atoms with Gasteiger partial charge in [-0.1, -0.05) is 18.2 Å². The van der Waals surface area contributed by atoms with E-state index in [-0.39, 0.29) is 6.61 Å². The third-order valence-electron chi connectivity index (χ3n) is 2.67. The van der Waals surface area contributed by atoms with Crippen molar-refractivity contribution in [2.75, 3.05) is 33.5 Å². The Morgan fingerprint density at radius 3 is 2.85 bits per heavy atom. The number of carbonyl (C=O) groups excluding carboxylic acids is 1. The third kappa shape index (κ3) is 4.57. The predicted octanol–water partition coefficient (Wildman–Crippen LogP) is 1.21. The van der Waals surface area contributed by atoms with Crippen LogP contribution >= 0.6 is 0 Å². The van der Waals surface area contributed by atoms with Crippen LogP contribution in [0.2, 0.25) is 0 Å². The van der Waals surface area contributed by atoms with Crippen LogP contribution < -0.4 is 0 Å². The second-order valence-electron chi connectivity index (χ2n) is 4.16. The molecule has 2 atom stereocenters. The van der Waals surface area contributed by atoms with Crippen molar-refractivity contribution >= 4 is 5.97 Å². The standard InChI is InChI=1S/C14H18O6/c1-16-7-8-17-12-9-18-13(20-12)10-19-14(15)11-5-3-2-4-6-11/h2-6,12-13H,7-10H2,1H3. The van der Waals surface area contributed by atoms with E-state index in [4.69, 9.17) is 23.7 Å². The van der Waals surface area contributed by atoms with Crippen LogP contribution in [0.15, 0.2) is 30.3 Å². The van der Waals surface area contributed by atoms with E-state index < -0.39 is 18.5 Å². The van der Waals surface area contributed by atoms with Crippen molar-refractivity contribution in [3.05, 3.63) is 35.9 Å². The van der Waals surface area contributed by atoms with E-state index in [1.807, 2.05) is 6.07 Å². The normalized spacial score (nSPS) is 21.9. The molecule has 1 heterocycles. The van der Waals surface area contributed by atoms with Crippen LogP contribution in [-0.4, -0.2) is 52.1 Å². The molecule has 1 aromatic carbocycles. The molecule has 0 N–H and O–H groups in total. The van der Waals surface area contributed by atoms with E-state index in [2.05, 4.69) is 0 Å². The first-order chi connectivity index (χ1) is 9.79. The largest absolute Gasteiger partial charge is 0.457 e. The Hall–Kier alpha value is -1.47. The van der Waals surface area contributed by atoms with Crippen LogP contribution in [0.5, 0.6) is 0 Å². The summed E-state index contributed by atoms with van der Waals surface area (Å²) >= 11 is 0. The molecule has 6 nitrogen and oxygen atoms in total. The first-order valence-corrected chi connectivity index (χ1v) is 6.39. The summed E-state index contributed by atoms with van der Waals surface area (Å²) in [7, 11) is 1.60. The summed E-state index contributed by atoms with van der Waals surface area (Å²) in [5.41, 5.74) is 0.499. The lowest BCUT2D eigenvalue weighted by atomic mass is 10.2. The first kappa shape index (κ1) is 14.9. The molecule has 1 aromatic rings. The van der Waals surface area contributed by atoms with Crippen molar-refractivity contribution in [2.45, 2.75) is 12.6 Å². The summed E-state index contributed by atoms with van der Waals surface area (Å²) < 4.78 is 26.1. The maximum absolute atomic E-state index is 11.7. The number of rotatable bonds is 7. The van der Waals surface area contributed by atoms with Crippen LogP contribution in [0.1, 0.15) is 10.4 Å². The van der Waals surface area contributed by atoms with Gasteiger partial charge in [0.05, 0.1) is 18.8 Å². The smallest absolute Gasteiger partial charge is 0.338 e. The van der Waals surface area contributed by atoms with Gasteiger partial charge in [-0.2, -0.15) is 0 Å². The van der Waals surface area contributed by atoms with Crippen LogP contribution in [0.25, 0.3) is 0 Å². The van der Waals surface area contributed by atoms with Crippen LogP contribution in [0.3, 0.4) is 0 Å². The monoisotopic (exact) mass is 282 g/mol. The molecule has 0 amide bonds. The summed E-state index contributed by atoms with van der Waals surface area (Å²) in [6.07, 6.45) is -1.03. The van der Waals surface area contributed by atoms with Crippen molar-refractivity contribution in [3.8, 4) is 0 Å². The third-order valence-corrected chi connectivity index (χ3v) is 2.67. The van der Waals surface area contributed by atoms with E-state index in [1.165, 1.54) is 0 Å². The number of hydrogen-bond donors (Lipinski definition) is 0. The van der Waals surface area contributed by atoms with Crippen molar-refractivity contribution < 1.29 is 28.5 Å². The van der Waals surface area contributed by atoms with Crippen molar-refractivity contribution in [3.63, 3.8) is 0 Å². The zero-order valence-electron chi connectivity index (χ0n) is 11.3. The van der Waals surface area contributed by atoms with Crippen molar-refractivity contribution in [1.29, 1.82) is 0 Å². The fourth-order valence-corrected chi connectivity index (χ4v) is 1.67. The lowest BCUT2D eigenvalue weighted by Gasteiger charge is -2.12. The molecule has 2 unspecified atom stereocenters. The second kappa shape index (κ2) is 7.96. The van der Waals surface area contributed by atoms with Gasteiger partial charge in [0.15, 0.2) is 12.6 Å². The van der Waals surface area contributed by atoms with Crippen LogP contribution in [0, 0.1) is 0 Å². The average molecular weight is 282 g/mol. The highest BCUT2D eigenvalue weighted by atomic mass is 16.8. The lowest BCUT2D eigenvalue weighted by Crippen LogP contribution is -2.22. The van der Waals surface area contributed by atoms with Gasteiger partial charge in [-0.15, -0.1) is 0 Å². The van der Waals surface area contributed by atoms with Gasteiger partial charge in [0.1, 0.15) is 13.2 Å². The molecule has 0 spiro atoms. The van der Waals surface area contributed by atoms with Crippen LogP contribution in [0.4, 0.5) is 0 Å². The summed E-state index contributed by atoms with van der Waals surface area (Å²) in [4.78, 5) is 11.7. The number of benzene rings is 1. The summed E-state index contributed by atoms with van der Waals surface area (Å²) in [5.74, 6) is -0.401. The maximum Gasteiger partial charge on any atom is 0.338 e. The van der Waals surface area contributed by atoms with Gasteiger partial charge in [0.2, 0.25) is 0 Å². The van der Waals surface area contributed by atoms with E-state index in [0.29, 0.717) is 25.4 Å². The van der Waals surface area contributed by atoms with Gasteiger partial charge in [0.25, 0.3) is 0 Å². The number of ether oxygens (including phenoxy) is 5. The van der Waals surface area contributed by atoms with E-state index in [1.54, 1.807) is 31.4 Å². The lowest BCUT2D eigenvalue weighted by molar-refractivity contribution is -0.160. The Balaban J connectivity index is 1.67. The quantitative estimate of drug-likeness (QED) is 0.553. The maximum atomic E-state index is 11.7. The first-order valence-electron chi connectivity index (χ1n) is 6.39. The minimum absolute atomic E-state index is 0.0395. The zero-order chi connectivity index (χ0) is 14.2. The Labute approximate surface area is 117 Å². The Bertz CT molecular complexity index is 407. The van der Waals surface area contributed by atoms with Gasteiger partial charge in [-0.3, -0.25) is 0 Å². The van der Waals surface area contributed by atoms with E-state index in [9.17, 15) is 4.79 Å². The Kier molecular flexibility index (Phi) is 5.94. The Morgan fingerprint density at radius 1 is 1.30 bits per heavy atom. The molecule has 1 fully saturated rings. The Morgan fingerprint density at radius 2 is 2.10 bits per heavy atom. The highest BCUT2D eigenvalue weighted by molar-refractivity contribution is 5.89. The molecular weight excluding hydrogens is 264 g/mol. The summed E-state index contributed by atoms with van der Waals surface area (Å²) in [6.45, 7) is 1.28. The van der Waals surface area contributed by atoms with E-state index >= 15 is 0 Å². The molecule has 110 valence electrons. The molecule has 0 radical (unpaired) electrons. The molecule has 0 bridgehead atoms. The minimum atomic E-state index is -0.588. The topological polar surface area (TPSA) is 63.2 Å². The number of carbonyl (C=O) groups is 1. The molecule has 0 saturated carbocycles. The van der Waals surface area contributed by atoms with E-state index in [0.717, 1.165) is 0 Å². The number of methoxy groups -OCH3 is 1. The highest BCUT2D eigenvalue weighted by Gasteiger charge is 2.27. The number of esters is 1. The molecule has 1 saturated heterocycles. The summed E-state index contributed by atoms with van der Waals surface area (Å²) in [5, 5.41) is 0. The molecule has 1 aliphatic heterocycles. The van der Waals surface area contributed by atoms with Gasteiger partial charge in [-0.25, -0.2) is 4.79 Å². The van der Waals surface area contributed by atoms with Gasteiger partial charge in [0, 0.05) is 7.11 Å². The fraction of sp³-hybridized carbons (Fsp3) is 0.500. The molecule has 0 aromatic heterocycles. The number of hydrogen-bond acceptors (Lipinski definition) is 6. The molecule has 0 aliphatic carbocycles. The van der Waals surface area contributed by atoms with Gasteiger partial charge >= 0.3 is 5.97 Å². The average Bonchev–Trinajstić information content (AvgIpc) is 2.94. The predicted molar refractivity (Wildman–Crippen MR) is 69.2 cm³/mol. The molecular formula is C14H18O6. The molecule has 20 heavy (non-hydrogen) atoms. The second-order valence-corrected chi connectivity index (χ2v) is 4.16.